The average Bonchev–Trinajstić information content (AvgIpc) is 2.65. The molecule has 1 aliphatic rings. The highest BCUT2D eigenvalue weighted by Crippen LogP contribution is 2.24. The number of nitrogens with one attached hydrogen (secondary N) is 2. The van der Waals surface area contributed by atoms with Crippen LogP contribution in [-0.4, -0.2) is 43.7 Å². The topological polar surface area (TPSA) is 113 Å². The average molecular weight is 425 g/mol. The standard InChI is InChI=1S/C21H32N2O5S/c1-21(2,3)14-29(27,28)17-11-9-16(10-12-17)22-20(26)18(13-24)23-19(25)15-7-5-4-6-8-15/h9-12,15,18,24H,4-8,13-14H2,1-3H3,(H,22,26)(H,23,25)/t18-/m0/s1. The Morgan fingerprint density at radius 3 is 2.21 bits per heavy atom. The fourth-order valence-corrected chi connectivity index (χ4v) is 5.33. The third-order valence-electron chi connectivity index (χ3n) is 4.90. The summed E-state index contributed by atoms with van der Waals surface area (Å²) >= 11 is 0. The smallest absolute Gasteiger partial charge is 0.249 e. The summed E-state index contributed by atoms with van der Waals surface area (Å²) in [5.74, 6) is -0.840. The Morgan fingerprint density at radius 1 is 1.10 bits per heavy atom. The van der Waals surface area contributed by atoms with Crippen molar-refractivity contribution >= 4 is 27.3 Å². The third-order valence-corrected chi connectivity index (χ3v) is 7.13. The molecule has 0 saturated heterocycles. The van der Waals surface area contributed by atoms with Crippen molar-refractivity contribution in [2.75, 3.05) is 17.7 Å². The minimum atomic E-state index is -3.42. The van der Waals surface area contributed by atoms with Crippen molar-refractivity contribution in [3.05, 3.63) is 24.3 Å². The third kappa shape index (κ3) is 7.12. The number of sulfone groups is 1. The van der Waals surface area contributed by atoms with Crippen molar-refractivity contribution in [2.24, 2.45) is 11.3 Å². The molecule has 0 aliphatic heterocycles. The molecule has 2 rings (SSSR count). The zero-order chi connectivity index (χ0) is 21.7. The number of benzene rings is 1. The van der Waals surface area contributed by atoms with Gasteiger partial charge in [-0.05, 0) is 42.5 Å². The van der Waals surface area contributed by atoms with E-state index in [0.29, 0.717) is 5.69 Å². The van der Waals surface area contributed by atoms with Crippen molar-refractivity contribution in [3.8, 4) is 0 Å². The van der Waals surface area contributed by atoms with Gasteiger partial charge in [-0.25, -0.2) is 8.42 Å². The second-order valence-electron chi connectivity index (χ2n) is 8.91. The molecule has 29 heavy (non-hydrogen) atoms. The van der Waals surface area contributed by atoms with Crippen LogP contribution in [-0.2, 0) is 19.4 Å². The van der Waals surface area contributed by atoms with E-state index in [9.17, 15) is 23.1 Å². The van der Waals surface area contributed by atoms with E-state index in [0.717, 1.165) is 32.1 Å². The van der Waals surface area contributed by atoms with Gasteiger partial charge < -0.3 is 15.7 Å². The van der Waals surface area contributed by atoms with Crippen LogP contribution >= 0.6 is 0 Å². The Hall–Kier alpha value is -1.93. The molecule has 8 heteroatoms. The Kier molecular flexibility index (Phi) is 7.82. The maximum absolute atomic E-state index is 12.4. The van der Waals surface area contributed by atoms with E-state index in [1.807, 2.05) is 20.8 Å². The normalized spacial score (nSPS) is 16.8. The van der Waals surface area contributed by atoms with Crippen molar-refractivity contribution in [1.29, 1.82) is 0 Å². The largest absolute Gasteiger partial charge is 0.394 e. The van der Waals surface area contributed by atoms with E-state index < -0.39 is 28.4 Å². The van der Waals surface area contributed by atoms with Crippen molar-refractivity contribution in [2.45, 2.75) is 63.8 Å². The Bertz CT molecular complexity index is 806. The van der Waals surface area contributed by atoms with E-state index in [2.05, 4.69) is 10.6 Å². The van der Waals surface area contributed by atoms with Gasteiger partial charge in [0.05, 0.1) is 17.3 Å². The minimum Gasteiger partial charge on any atom is -0.394 e. The first-order chi connectivity index (χ1) is 13.5. The van der Waals surface area contributed by atoms with Crippen LogP contribution in [0.25, 0.3) is 0 Å². The van der Waals surface area contributed by atoms with Crippen LogP contribution < -0.4 is 10.6 Å². The summed E-state index contributed by atoms with van der Waals surface area (Å²) in [6.07, 6.45) is 4.72. The predicted octanol–water partition coefficient (Wildman–Crippen LogP) is 2.50. The number of amides is 2. The number of carbonyl (C=O) groups is 2. The zero-order valence-electron chi connectivity index (χ0n) is 17.4. The monoisotopic (exact) mass is 424 g/mol. The van der Waals surface area contributed by atoms with E-state index in [1.165, 1.54) is 24.3 Å². The lowest BCUT2D eigenvalue weighted by atomic mass is 9.88. The molecule has 0 unspecified atom stereocenters. The van der Waals surface area contributed by atoms with Gasteiger partial charge in [0.2, 0.25) is 11.8 Å². The summed E-state index contributed by atoms with van der Waals surface area (Å²) in [4.78, 5) is 24.9. The number of rotatable bonds is 7. The van der Waals surface area contributed by atoms with Crippen LogP contribution in [0.3, 0.4) is 0 Å². The molecular formula is C21H32N2O5S. The fourth-order valence-electron chi connectivity index (χ4n) is 3.48. The van der Waals surface area contributed by atoms with Gasteiger partial charge in [0.25, 0.3) is 0 Å². The quantitative estimate of drug-likeness (QED) is 0.622. The molecule has 7 nitrogen and oxygen atoms in total. The molecule has 0 bridgehead atoms. The molecule has 0 aromatic heterocycles. The van der Waals surface area contributed by atoms with Gasteiger partial charge in [0, 0.05) is 11.6 Å². The van der Waals surface area contributed by atoms with Crippen molar-refractivity contribution in [3.63, 3.8) is 0 Å². The lowest BCUT2D eigenvalue weighted by Gasteiger charge is -2.23. The highest BCUT2D eigenvalue weighted by molar-refractivity contribution is 7.91. The summed E-state index contributed by atoms with van der Waals surface area (Å²) in [6.45, 7) is 5.06. The Labute approximate surface area is 173 Å². The first kappa shape index (κ1) is 23.3. The Balaban J connectivity index is 1.98. The highest BCUT2D eigenvalue weighted by atomic mass is 32.2. The summed E-state index contributed by atoms with van der Waals surface area (Å²) in [7, 11) is -3.42. The number of aliphatic hydroxyl groups excluding tert-OH is 1. The number of carbonyl (C=O) groups excluding carboxylic acids is 2. The van der Waals surface area contributed by atoms with Gasteiger partial charge in [-0.3, -0.25) is 9.59 Å². The fraction of sp³-hybridized carbons (Fsp3) is 0.619. The van der Waals surface area contributed by atoms with Crippen LogP contribution in [0.1, 0.15) is 52.9 Å². The lowest BCUT2D eigenvalue weighted by molar-refractivity contribution is -0.130. The van der Waals surface area contributed by atoms with Gasteiger partial charge in [-0.15, -0.1) is 0 Å². The van der Waals surface area contributed by atoms with Crippen LogP contribution in [0.15, 0.2) is 29.2 Å². The molecular weight excluding hydrogens is 392 g/mol. The predicted molar refractivity (Wildman–Crippen MR) is 112 cm³/mol. The molecule has 1 saturated carbocycles. The van der Waals surface area contributed by atoms with E-state index in [4.69, 9.17) is 0 Å². The minimum absolute atomic E-state index is 0.0193. The molecule has 2 amide bonds. The molecule has 162 valence electrons. The van der Waals surface area contributed by atoms with Crippen LogP contribution in [0.2, 0.25) is 0 Å². The number of aliphatic hydroxyl groups is 1. The molecule has 1 atom stereocenters. The molecule has 1 aromatic carbocycles. The molecule has 3 N–H and O–H groups in total. The van der Waals surface area contributed by atoms with Gasteiger partial charge in [-0.2, -0.15) is 0 Å². The summed E-state index contributed by atoms with van der Waals surface area (Å²) < 4.78 is 24.9. The van der Waals surface area contributed by atoms with Crippen LogP contribution in [0.4, 0.5) is 5.69 Å². The van der Waals surface area contributed by atoms with Gasteiger partial charge in [-0.1, -0.05) is 40.0 Å². The molecule has 1 fully saturated rings. The molecule has 0 heterocycles. The van der Waals surface area contributed by atoms with Crippen molar-refractivity contribution < 1.29 is 23.1 Å². The number of hydrogen-bond acceptors (Lipinski definition) is 5. The summed E-state index contributed by atoms with van der Waals surface area (Å²) in [5, 5.41) is 14.8. The van der Waals surface area contributed by atoms with E-state index >= 15 is 0 Å². The SMILES string of the molecule is CC(C)(C)CS(=O)(=O)c1ccc(NC(=O)[C@H](CO)NC(=O)C2CCCCC2)cc1. The van der Waals surface area contributed by atoms with Crippen molar-refractivity contribution in [1.82, 2.24) is 5.32 Å². The van der Waals surface area contributed by atoms with E-state index in [1.54, 1.807) is 0 Å². The summed E-state index contributed by atoms with van der Waals surface area (Å²) in [5.41, 5.74) is 0.0337. The second-order valence-corrected chi connectivity index (χ2v) is 10.9. The second kappa shape index (κ2) is 9.71. The highest BCUT2D eigenvalue weighted by Gasteiger charge is 2.27. The lowest BCUT2D eigenvalue weighted by Crippen LogP contribution is -2.48. The molecule has 0 radical (unpaired) electrons. The maximum atomic E-state index is 12.4. The molecule has 1 aliphatic carbocycles. The number of anilines is 1. The van der Waals surface area contributed by atoms with Gasteiger partial charge in [0.15, 0.2) is 9.84 Å². The van der Waals surface area contributed by atoms with Crippen LogP contribution in [0.5, 0.6) is 0 Å². The van der Waals surface area contributed by atoms with Crippen LogP contribution in [0, 0.1) is 11.3 Å². The van der Waals surface area contributed by atoms with Gasteiger partial charge in [0.1, 0.15) is 6.04 Å². The first-order valence-corrected chi connectivity index (χ1v) is 11.7. The zero-order valence-corrected chi connectivity index (χ0v) is 18.2. The van der Waals surface area contributed by atoms with Gasteiger partial charge >= 0.3 is 0 Å². The molecule has 1 aromatic rings. The molecule has 0 spiro atoms. The Morgan fingerprint density at radius 2 is 1.69 bits per heavy atom. The first-order valence-electron chi connectivity index (χ1n) is 10.1. The number of hydrogen-bond donors (Lipinski definition) is 3. The summed E-state index contributed by atoms with van der Waals surface area (Å²) in [6, 6.07) is 4.86. The maximum Gasteiger partial charge on any atom is 0.249 e. The van der Waals surface area contributed by atoms with E-state index in [-0.39, 0.29) is 27.9 Å².